The van der Waals surface area contributed by atoms with Gasteiger partial charge in [-0.3, -0.25) is 4.90 Å². The first kappa shape index (κ1) is 16.8. The summed E-state index contributed by atoms with van der Waals surface area (Å²) < 4.78 is 11.0. The maximum Gasteiger partial charge on any atom is 0.162 e. The maximum atomic E-state index is 10.4. The maximum absolute atomic E-state index is 10.4. The highest BCUT2D eigenvalue weighted by atomic mass is 16.5. The van der Waals surface area contributed by atoms with Crippen LogP contribution in [0.15, 0.2) is 28.8 Å². The molecule has 5 heteroatoms. The molecule has 2 heterocycles. The van der Waals surface area contributed by atoms with Crippen LogP contribution >= 0.6 is 0 Å². The van der Waals surface area contributed by atoms with Crippen molar-refractivity contribution >= 4 is 0 Å². The molecule has 1 aliphatic rings. The molecule has 0 amide bonds. The molecule has 1 aromatic heterocycles. The highest BCUT2D eigenvalue weighted by molar-refractivity contribution is 5.45. The van der Waals surface area contributed by atoms with Crippen LogP contribution in [0, 0.1) is 0 Å². The van der Waals surface area contributed by atoms with Gasteiger partial charge in [0.2, 0.25) is 0 Å². The number of phenolic OH excluding ortho intramolecular Hbond substituents is 1. The Morgan fingerprint density at radius 3 is 2.96 bits per heavy atom. The van der Waals surface area contributed by atoms with Crippen molar-refractivity contribution in [1.82, 2.24) is 10.1 Å². The molecule has 130 valence electrons. The lowest BCUT2D eigenvalue weighted by Gasteiger charge is -2.23. The van der Waals surface area contributed by atoms with Crippen molar-refractivity contribution in [2.75, 3.05) is 13.2 Å². The average molecular weight is 330 g/mol. The van der Waals surface area contributed by atoms with Crippen LogP contribution in [0.5, 0.6) is 11.5 Å². The second-order valence-electron chi connectivity index (χ2n) is 6.63. The Balaban J connectivity index is 1.77. The van der Waals surface area contributed by atoms with Crippen LogP contribution in [0.25, 0.3) is 0 Å². The van der Waals surface area contributed by atoms with Gasteiger partial charge in [-0.05, 0) is 32.4 Å². The highest BCUT2D eigenvalue weighted by Gasteiger charge is 2.29. The largest absolute Gasteiger partial charge is 0.504 e. The number of aromatic hydroxyl groups is 1. The summed E-state index contributed by atoms with van der Waals surface area (Å²) in [5.41, 5.74) is 1.89. The van der Waals surface area contributed by atoms with Gasteiger partial charge < -0.3 is 14.4 Å². The number of rotatable bonds is 6. The number of ether oxygens (including phenoxy) is 1. The van der Waals surface area contributed by atoms with E-state index in [1.54, 1.807) is 6.07 Å². The van der Waals surface area contributed by atoms with Crippen molar-refractivity contribution in [3.8, 4) is 11.5 Å². The van der Waals surface area contributed by atoms with Gasteiger partial charge in [0.1, 0.15) is 11.5 Å². The van der Waals surface area contributed by atoms with Gasteiger partial charge >= 0.3 is 0 Å². The Morgan fingerprint density at radius 2 is 2.25 bits per heavy atom. The Morgan fingerprint density at radius 1 is 1.42 bits per heavy atom. The van der Waals surface area contributed by atoms with Crippen molar-refractivity contribution in [2.45, 2.75) is 52.1 Å². The normalized spacial score (nSPS) is 18.4. The van der Waals surface area contributed by atoms with Crippen molar-refractivity contribution < 1.29 is 14.4 Å². The van der Waals surface area contributed by atoms with Crippen LogP contribution in [0.1, 0.15) is 62.6 Å². The van der Waals surface area contributed by atoms with E-state index in [0.29, 0.717) is 24.8 Å². The summed E-state index contributed by atoms with van der Waals surface area (Å²) in [4.78, 5) is 2.35. The fourth-order valence-corrected chi connectivity index (χ4v) is 3.27. The number of nitrogens with zero attached hydrogens (tertiary/aromatic N) is 2. The zero-order valence-electron chi connectivity index (χ0n) is 14.7. The molecular weight excluding hydrogens is 304 g/mol. The number of para-hydroxylation sites is 1. The molecule has 0 aliphatic carbocycles. The minimum atomic E-state index is 0.244. The number of hydrogen-bond acceptors (Lipinski definition) is 5. The van der Waals surface area contributed by atoms with Gasteiger partial charge in [-0.15, -0.1) is 0 Å². The smallest absolute Gasteiger partial charge is 0.162 e. The SMILES string of the molecule is CCOc1cccc(CN2CCCC2c2cc(C(C)C)on2)c1O. The molecule has 1 aromatic carbocycles. The Kier molecular flexibility index (Phi) is 5.09. The molecule has 24 heavy (non-hydrogen) atoms. The Hall–Kier alpha value is -2.01. The summed E-state index contributed by atoms with van der Waals surface area (Å²) in [6.45, 7) is 8.34. The van der Waals surface area contributed by atoms with Crippen molar-refractivity contribution in [3.63, 3.8) is 0 Å². The fourth-order valence-electron chi connectivity index (χ4n) is 3.27. The molecule has 0 bridgehead atoms. The van der Waals surface area contributed by atoms with Crippen molar-refractivity contribution in [3.05, 3.63) is 41.3 Å². The molecule has 3 rings (SSSR count). The summed E-state index contributed by atoms with van der Waals surface area (Å²) in [6, 6.07) is 8.00. The van der Waals surface area contributed by atoms with Crippen LogP contribution in [-0.4, -0.2) is 28.3 Å². The molecular formula is C19H26N2O3. The fraction of sp³-hybridized carbons (Fsp3) is 0.526. The van der Waals surface area contributed by atoms with Crippen LogP contribution < -0.4 is 4.74 Å². The minimum absolute atomic E-state index is 0.244. The minimum Gasteiger partial charge on any atom is -0.504 e. The van der Waals surface area contributed by atoms with E-state index in [2.05, 4.69) is 30.0 Å². The van der Waals surface area contributed by atoms with Crippen LogP contribution in [0.3, 0.4) is 0 Å². The predicted octanol–water partition coefficient (Wildman–Crippen LogP) is 4.24. The lowest BCUT2D eigenvalue weighted by Crippen LogP contribution is -2.23. The lowest BCUT2D eigenvalue weighted by atomic mass is 10.1. The first-order valence-corrected chi connectivity index (χ1v) is 8.74. The second-order valence-corrected chi connectivity index (χ2v) is 6.63. The monoisotopic (exact) mass is 330 g/mol. The predicted molar refractivity (Wildman–Crippen MR) is 92.3 cm³/mol. The third kappa shape index (κ3) is 3.41. The molecule has 5 nitrogen and oxygen atoms in total. The van der Waals surface area contributed by atoms with Crippen LogP contribution in [-0.2, 0) is 6.54 Å². The van der Waals surface area contributed by atoms with Crippen LogP contribution in [0.4, 0.5) is 0 Å². The summed E-state index contributed by atoms with van der Waals surface area (Å²) in [7, 11) is 0. The van der Waals surface area contributed by atoms with E-state index in [-0.39, 0.29) is 11.8 Å². The van der Waals surface area contributed by atoms with E-state index >= 15 is 0 Å². The summed E-state index contributed by atoms with van der Waals surface area (Å²) in [5, 5.41) is 14.7. The van der Waals surface area contributed by atoms with E-state index in [4.69, 9.17) is 9.26 Å². The van der Waals surface area contributed by atoms with E-state index in [9.17, 15) is 5.11 Å². The molecule has 1 saturated heterocycles. The average Bonchev–Trinajstić information content (AvgIpc) is 3.20. The number of hydrogen-bond donors (Lipinski definition) is 1. The molecule has 0 radical (unpaired) electrons. The molecule has 1 N–H and O–H groups in total. The quantitative estimate of drug-likeness (QED) is 0.858. The van der Waals surface area contributed by atoms with Crippen LogP contribution in [0.2, 0.25) is 0 Å². The molecule has 2 aromatic rings. The third-order valence-corrected chi connectivity index (χ3v) is 4.58. The first-order valence-electron chi connectivity index (χ1n) is 8.74. The second kappa shape index (κ2) is 7.26. The number of aromatic nitrogens is 1. The van der Waals surface area contributed by atoms with Gasteiger partial charge in [0, 0.05) is 24.1 Å². The zero-order chi connectivity index (χ0) is 17.1. The Bertz CT molecular complexity index is 681. The first-order chi connectivity index (χ1) is 11.6. The number of phenols is 1. The van der Waals surface area contributed by atoms with E-state index < -0.39 is 0 Å². The standard InChI is InChI=1S/C19H26N2O3/c1-4-23-17-9-5-7-14(19(17)22)12-21-10-6-8-16(21)15-11-18(13(2)3)24-20-15/h5,7,9,11,13,16,22H,4,6,8,10,12H2,1-3H3. The summed E-state index contributed by atoms with van der Waals surface area (Å²) in [6.07, 6.45) is 2.19. The summed E-state index contributed by atoms with van der Waals surface area (Å²) in [5.74, 6) is 2.06. The highest BCUT2D eigenvalue weighted by Crippen LogP contribution is 2.37. The molecule has 1 unspecified atom stereocenters. The Labute approximate surface area is 143 Å². The number of likely N-dealkylation sites (tertiary alicyclic amines) is 1. The molecule has 0 spiro atoms. The van der Waals surface area contributed by atoms with Gasteiger partial charge in [0.05, 0.1) is 12.6 Å². The molecule has 1 fully saturated rings. The summed E-state index contributed by atoms with van der Waals surface area (Å²) >= 11 is 0. The van der Waals surface area contributed by atoms with Gasteiger partial charge in [0.15, 0.2) is 11.5 Å². The number of benzene rings is 1. The molecule has 0 saturated carbocycles. The van der Waals surface area contributed by atoms with Crippen molar-refractivity contribution in [2.24, 2.45) is 0 Å². The third-order valence-electron chi connectivity index (χ3n) is 4.58. The van der Waals surface area contributed by atoms with Gasteiger partial charge in [0.25, 0.3) is 0 Å². The van der Waals surface area contributed by atoms with Gasteiger partial charge in [-0.2, -0.15) is 0 Å². The van der Waals surface area contributed by atoms with Gasteiger partial charge in [-0.1, -0.05) is 31.1 Å². The zero-order valence-corrected chi connectivity index (χ0v) is 14.7. The lowest BCUT2D eigenvalue weighted by molar-refractivity contribution is 0.231. The van der Waals surface area contributed by atoms with E-state index in [1.165, 1.54) is 0 Å². The van der Waals surface area contributed by atoms with Crippen molar-refractivity contribution in [1.29, 1.82) is 0 Å². The van der Waals surface area contributed by atoms with E-state index in [0.717, 1.165) is 36.4 Å². The van der Waals surface area contributed by atoms with E-state index in [1.807, 2.05) is 19.1 Å². The molecule has 1 aliphatic heterocycles. The molecule has 1 atom stereocenters. The topological polar surface area (TPSA) is 58.7 Å². The van der Waals surface area contributed by atoms with Gasteiger partial charge in [-0.25, -0.2) is 0 Å².